The van der Waals surface area contributed by atoms with Crippen molar-refractivity contribution in [1.29, 1.82) is 0 Å². The summed E-state index contributed by atoms with van der Waals surface area (Å²) in [6.07, 6.45) is 8.84. The third-order valence-electron chi connectivity index (χ3n) is 4.41. The summed E-state index contributed by atoms with van der Waals surface area (Å²) in [6, 6.07) is 0. The van der Waals surface area contributed by atoms with Crippen LogP contribution in [0.1, 0.15) is 66.2 Å². The molecule has 0 aromatic carbocycles. The van der Waals surface area contributed by atoms with Gasteiger partial charge in [-0.3, -0.25) is 0 Å². The van der Waals surface area contributed by atoms with Crippen LogP contribution in [-0.4, -0.2) is 0 Å². The van der Waals surface area contributed by atoms with E-state index in [1.165, 1.54) is 38.5 Å². The highest BCUT2D eigenvalue weighted by atomic mass is 14.3. The SMILES string of the molecule is CCC(CCC1CCCC1C)C(C)C. The minimum absolute atomic E-state index is 0.886. The average molecular weight is 196 g/mol. The van der Waals surface area contributed by atoms with E-state index in [1.54, 1.807) is 0 Å². The lowest BCUT2D eigenvalue weighted by molar-refractivity contribution is 0.289. The zero-order valence-corrected chi connectivity index (χ0v) is 10.6. The van der Waals surface area contributed by atoms with Crippen molar-refractivity contribution in [3.8, 4) is 0 Å². The zero-order valence-electron chi connectivity index (χ0n) is 10.6. The molecular formula is C14H28. The zero-order chi connectivity index (χ0) is 10.6. The van der Waals surface area contributed by atoms with E-state index in [2.05, 4.69) is 27.7 Å². The molecule has 0 aromatic heterocycles. The summed E-state index contributed by atoms with van der Waals surface area (Å²) in [5.41, 5.74) is 0. The van der Waals surface area contributed by atoms with Crippen molar-refractivity contribution >= 4 is 0 Å². The first-order valence-electron chi connectivity index (χ1n) is 6.65. The fourth-order valence-corrected chi connectivity index (χ4v) is 3.09. The van der Waals surface area contributed by atoms with Crippen molar-refractivity contribution in [3.63, 3.8) is 0 Å². The molecule has 0 N–H and O–H groups in total. The van der Waals surface area contributed by atoms with Gasteiger partial charge in [0.15, 0.2) is 0 Å². The quantitative estimate of drug-likeness (QED) is 0.587. The van der Waals surface area contributed by atoms with E-state index in [-0.39, 0.29) is 0 Å². The van der Waals surface area contributed by atoms with Crippen LogP contribution in [0.4, 0.5) is 0 Å². The Bertz CT molecular complexity index is 146. The Labute approximate surface area is 90.5 Å². The van der Waals surface area contributed by atoms with Crippen molar-refractivity contribution < 1.29 is 0 Å². The molecule has 0 amide bonds. The van der Waals surface area contributed by atoms with Gasteiger partial charge in [0.2, 0.25) is 0 Å². The van der Waals surface area contributed by atoms with E-state index in [0.717, 1.165) is 23.7 Å². The van der Waals surface area contributed by atoms with Crippen molar-refractivity contribution in [2.45, 2.75) is 66.2 Å². The molecule has 0 bridgehead atoms. The second-order valence-corrected chi connectivity index (χ2v) is 5.66. The van der Waals surface area contributed by atoms with Gasteiger partial charge in [-0.05, 0) is 36.5 Å². The first kappa shape index (κ1) is 12.1. The second-order valence-electron chi connectivity index (χ2n) is 5.66. The molecule has 0 spiro atoms. The van der Waals surface area contributed by atoms with Gasteiger partial charge in [-0.1, -0.05) is 53.4 Å². The van der Waals surface area contributed by atoms with Crippen molar-refractivity contribution in [1.82, 2.24) is 0 Å². The maximum atomic E-state index is 2.45. The van der Waals surface area contributed by atoms with E-state index in [1.807, 2.05) is 0 Å². The van der Waals surface area contributed by atoms with Gasteiger partial charge in [-0.25, -0.2) is 0 Å². The molecule has 0 saturated heterocycles. The van der Waals surface area contributed by atoms with Gasteiger partial charge in [0.1, 0.15) is 0 Å². The van der Waals surface area contributed by atoms with Gasteiger partial charge in [0, 0.05) is 0 Å². The van der Waals surface area contributed by atoms with Crippen LogP contribution in [0.25, 0.3) is 0 Å². The molecule has 14 heavy (non-hydrogen) atoms. The third-order valence-corrected chi connectivity index (χ3v) is 4.41. The minimum Gasteiger partial charge on any atom is -0.0651 e. The molecule has 84 valence electrons. The fourth-order valence-electron chi connectivity index (χ4n) is 3.09. The van der Waals surface area contributed by atoms with E-state index in [0.29, 0.717) is 0 Å². The Balaban J connectivity index is 2.24. The number of hydrogen-bond acceptors (Lipinski definition) is 0. The van der Waals surface area contributed by atoms with Crippen molar-refractivity contribution in [2.24, 2.45) is 23.7 Å². The Morgan fingerprint density at radius 2 is 1.93 bits per heavy atom. The van der Waals surface area contributed by atoms with Crippen LogP contribution in [0.15, 0.2) is 0 Å². The lowest BCUT2D eigenvalue weighted by Gasteiger charge is -2.22. The first-order chi connectivity index (χ1) is 6.65. The molecule has 1 saturated carbocycles. The van der Waals surface area contributed by atoms with E-state index >= 15 is 0 Å². The van der Waals surface area contributed by atoms with Gasteiger partial charge in [0.05, 0.1) is 0 Å². The number of rotatable bonds is 5. The molecule has 0 radical (unpaired) electrons. The molecule has 3 unspecified atom stereocenters. The highest BCUT2D eigenvalue weighted by Crippen LogP contribution is 2.36. The van der Waals surface area contributed by atoms with Crippen LogP contribution in [0.2, 0.25) is 0 Å². The summed E-state index contributed by atoms with van der Waals surface area (Å²) in [4.78, 5) is 0. The Morgan fingerprint density at radius 1 is 1.21 bits per heavy atom. The molecule has 0 heteroatoms. The summed E-state index contributed by atoms with van der Waals surface area (Å²) >= 11 is 0. The largest absolute Gasteiger partial charge is 0.0651 e. The molecule has 1 aliphatic rings. The van der Waals surface area contributed by atoms with Crippen molar-refractivity contribution in [3.05, 3.63) is 0 Å². The van der Waals surface area contributed by atoms with Gasteiger partial charge >= 0.3 is 0 Å². The maximum Gasteiger partial charge on any atom is -0.0388 e. The summed E-state index contributed by atoms with van der Waals surface area (Å²) < 4.78 is 0. The van der Waals surface area contributed by atoms with Crippen LogP contribution in [0.5, 0.6) is 0 Å². The minimum atomic E-state index is 0.886. The molecule has 0 aromatic rings. The average Bonchev–Trinajstić information content (AvgIpc) is 2.52. The van der Waals surface area contributed by atoms with Gasteiger partial charge in [-0.2, -0.15) is 0 Å². The van der Waals surface area contributed by atoms with E-state index in [9.17, 15) is 0 Å². The van der Waals surface area contributed by atoms with Crippen LogP contribution in [0, 0.1) is 23.7 Å². The molecule has 0 nitrogen and oxygen atoms in total. The predicted molar refractivity (Wildman–Crippen MR) is 64.4 cm³/mol. The fraction of sp³-hybridized carbons (Fsp3) is 1.00. The summed E-state index contributed by atoms with van der Waals surface area (Å²) in [5.74, 6) is 3.93. The highest BCUT2D eigenvalue weighted by Gasteiger charge is 2.24. The Kier molecular flexibility index (Phi) is 4.98. The second kappa shape index (κ2) is 5.78. The smallest absolute Gasteiger partial charge is 0.0388 e. The van der Waals surface area contributed by atoms with Crippen LogP contribution in [-0.2, 0) is 0 Å². The molecule has 1 fully saturated rings. The lowest BCUT2D eigenvalue weighted by Crippen LogP contribution is -2.11. The molecule has 1 aliphatic carbocycles. The third kappa shape index (κ3) is 3.29. The normalized spacial score (nSPS) is 29.8. The van der Waals surface area contributed by atoms with Crippen LogP contribution in [0.3, 0.4) is 0 Å². The van der Waals surface area contributed by atoms with Gasteiger partial charge < -0.3 is 0 Å². The highest BCUT2D eigenvalue weighted by molar-refractivity contribution is 4.75. The van der Waals surface area contributed by atoms with Crippen LogP contribution >= 0.6 is 0 Å². The summed E-state index contributed by atoms with van der Waals surface area (Å²) in [6.45, 7) is 9.56. The van der Waals surface area contributed by atoms with Gasteiger partial charge in [0.25, 0.3) is 0 Å². The molecule has 0 heterocycles. The first-order valence-corrected chi connectivity index (χ1v) is 6.65. The lowest BCUT2D eigenvalue weighted by atomic mass is 9.84. The van der Waals surface area contributed by atoms with E-state index in [4.69, 9.17) is 0 Å². The summed E-state index contributed by atoms with van der Waals surface area (Å²) in [7, 11) is 0. The van der Waals surface area contributed by atoms with Crippen molar-refractivity contribution in [2.75, 3.05) is 0 Å². The molecule has 1 rings (SSSR count). The molecule has 0 aliphatic heterocycles. The monoisotopic (exact) mass is 196 g/mol. The molecule has 3 atom stereocenters. The summed E-state index contributed by atoms with van der Waals surface area (Å²) in [5, 5.41) is 0. The number of hydrogen-bond donors (Lipinski definition) is 0. The predicted octanol–water partition coefficient (Wildman–Crippen LogP) is 4.89. The maximum absolute atomic E-state index is 2.45. The van der Waals surface area contributed by atoms with Gasteiger partial charge in [-0.15, -0.1) is 0 Å². The van der Waals surface area contributed by atoms with E-state index < -0.39 is 0 Å². The topological polar surface area (TPSA) is 0 Å². The Morgan fingerprint density at radius 3 is 2.36 bits per heavy atom. The molecular weight excluding hydrogens is 168 g/mol. The van der Waals surface area contributed by atoms with Crippen LogP contribution < -0.4 is 0 Å². The Hall–Kier alpha value is 0. The standard InChI is InChI=1S/C14H28/c1-5-13(11(2)3)9-10-14-8-6-7-12(14)4/h11-14H,5-10H2,1-4H3.